The minimum Gasteiger partial charge on any atom is -0.496 e. The average Bonchev–Trinajstić information content (AvgIpc) is 3.25. The van der Waals surface area contributed by atoms with Gasteiger partial charge in [0.05, 0.1) is 18.4 Å². The van der Waals surface area contributed by atoms with Crippen molar-refractivity contribution in [1.29, 1.82) is 0 Å². The van der Waals surface area contributed by atoms with Crippen molar-refractivity contribution in [1.82, 2.24) is 4.90 Å². The van der Waals surface area contributed by atoms with Gasteiger partial charge >= 0.3 is 0 Å². The quantitative estimate of drug-likeness (QED) is 0.279. The van der Waals surface area contributed by atoms with Crippen molar-refractivity contribution in [3.8, 4) is 16.9 Å². The normalized spacial score (nSPS) is 13.8. The number of fused-ring (bicyclic) bond motifs is 2. The second-order valence-electron chi connectivity index (χ2n) is 8.43. The molecule has 4 nitrogen and oxygen atoms in total. The number of hydrogen-bond acceptors (Lipinski definition) is 3. The van der Waals surface area contributed by atoms with Crippen LogP contribution in [-0.2, 0) is 17.8 Å². The number of furan rings is 1. The van der Waals surface area contributed by atoms with E-state index in [1.54, 1.807) is 31.6 Å². The lowest BCUT2D eigenvalue weighted by Crippen LogP contribution is -2.34. The molecule has 0 fully saturated rings. The van der Waals surface area contributed by atoms with Crippen LogP contribution in [0.2, 0.25) is 10.0 Å². The Kier molecular flexibility index (Phi) is 6.11. The maximum absolute atomic E-state index is 13.1. The molecule has 0 N–H and O–H groups in total. The minimum atomic E-state index is -0.0117. The lowest BCUT2D eigenvalue weighted by molar-refractivity contribution is -0.126. The summed E-state index contributed by atoms with van der Waals surface area (Å²) in [5.74, 6) is 0.628. The van der Waals surface area contributed by atoms with E-state index in [9.17, 15) is 4.79 Å². The summed E-state index contributed by atoms with van der Waals surface area (Å²) in [5, 5.41) is 1.99. The maximum atomic E-state index is 13.1. The lowest BCUT2D eigenvalue weighted by atomic mass is 9.98. The van der Waals surface area contributed by atoms with Gasteiger partial charge in [-0.05, 0) is 48.2 Å². The molecule has 1 amide bonds. The molecule has 0 aliphatic carbocycles. The third-order valence-electron chi connectivity index (χ3n) is 6.32. The predicted octanol–water partition coefficient (Wildman–Crippen LogP) is 7.40. The van der Waals surface area contributed by atoms with Crippen molar-refractivity contribution < 1.29 is 13.9 Å². The molecule has 6 heteroatoms. The van der Waals surface area contributed by atoms with E-state index in [0.717, 1.165) is 34.1 Å². The molecule has 0 atom stereocenters. The highest BCUT2D eigenvalue weighted by Gasteiger charge is 2.21. The Morgan fingerprint density at radius 3 is 2.62 bits per heavy atom. The molecule has 1 aliphatic rings. The highest BCUT2D eigenvalue weighted by molar-refractivity contribution is 6.36. The van der Waals surface area contributed by atoms with Crippen LogP contribution < -0.4 is 4.74 Å². The lowest BCUT2D eigenvalue weighted by Gasteiger charge is -2.28. The third kappa shape index (κ3) is 4.20. The van der Waals surface area contributed by atoms with E-state index in [1.807, 2.05) is 42.2 Å². The fourth-order valence-corrected chi connectivity index (χ4v) is 5.00. The number of ether oxygens (including phenoxy) is 1. The molecule has 0 saturated carbocycles. The molecule has 1 aliphatic heterocycles. The van der Waals surface area contributed by atoms with Crippen molar-refractivity contribution in [2.24, 2.45) is 0 Å². The van der Waals surface area contributed by atoms with E-state index in [-0.39, 0.29) is 5.91 Å². The molecule has 0 radical (unpaired) electrons. The third-order valence-corrected chi connectivity index (χ3v) is 6.87. The molecule has 4 aromatic rings. The zero-order valence-electron chi connectivity index (χ0n) is 18.9. The largest absolute Gasteiger partial charge is 0.496 e. The molecule has 34 heavy (non-hydrogen) atoms. The van der Waals surface area contributed by atoms with Crippen LogP contribution in [-0.4, -0.2) is 24.5 Å². The topological polar surface area (TPSA) is 42.7 Å². The molecular formula is C28H23Cl2NO3. The smallest absolute Gasteiger partial charge is 0.247 e. The molecule has 5 rings (SSSR count). The molecular weight excluding hydrogens is 469 g/mol. The summed E-state index contributed by atoms with van der Waals surface area (Å²) in [6, 6.07) is 17.5. The van der Waals surface area contributed by atoms with Crippen molar-refractivity contribution in [2.45, 2.75) is 19.9 Å². The number of carbonyl (C=O) groups is 1. The van der Waals surface area contributed by atoms with Crippen molar-refractivity contribution in [2.75, 3.05) is 13.7 Å². The van der Waals surface area contributed by atoms with E-state index in [2.05, 4.69) is 12.1 Å². The summed E-state index contributed by atoms with van der Waals surface area (Å²) in [6.07, 6.45) is 4.23. The van der Waals surface area contributed by atoms with Gasteiger partial charge in [0.2, 0.25) is 5.91 Å². The number of methoxy groups -OCH3 is 1. The van der Waals surface area contributed by atoms with E-state index in [4.69, 9.17) is 32.4 Å². The van der Waals surface area contributed by atoms with E-state index in [0.29, 0.717) is 34.5 Å². The molecule has 172 valence electrons. The molecule has 0 bridgehead atoms. The highest BCUT2D eigenvalue weighted by Crippen LogP contribution is 2.40. The second kappa shape index (κ2) is 9.21. The van der Waals surface area contributed by atoms with E-state index in [1.165, 1.54) is 11.1 Å². The number of amides is 1. The monoisotopic (exact) mass is 491 g/mol. The van der Waals surface area contributed by atoms with Crippen molar-refractivity contribution in [3.05, 3.63) is 93.7 Å². The number of benzene rings is 3. The van der Waals surface area contributed by atoms with Crippen LogP contribution in [0, 0.1) is 0 Å². The van der Waals surface area contributed by atoms with Crippen LogP contribution in [0.4, 0.5) is 0 Å². The van der Waals surface area contributed by atoms with Crippen molar-refractivity contribution >= 4 is 45.7 Å². The van der Waals surface area contributed by atoms with Crippen LogP contribution in [0.5, 0.6) is 5.75 Å². The van der Waals surface area contributed by atoms with Gasteiger partial charge in [-0.2, -0.15) is 0 Å². The number of allylic oxidation sites excluding steroid dienone is 1. The summed E-state index contributed by atoms with van der Waals surface area (Å²) in [7, 11) is 1.61. The van der Waals surface area contributed by atoms with E-state index >= 15 is 0 Å². The van der Waals surface area contributed by atoms with Crippen LogP contribution >= 0.6 is 23.2 Å². The van der Waals surface area contributed by atoms with Gasteiger partial charge in [0, 0.05) is 52.3 Å². The Morgan fingerprint density at radius 2 is 1.85 bits per heavy atom. The first-order valence-electron chi connectivity index (χ1n) is 11.0. The Morgan fingerprint density at radius 1 is 1.06 bits per heavy atom. The van der Waals surface area contributed by atoms with Gasteiger partial charge < -0.3 is 14.1 Å². The fraction of sp³-hybridized carbons (Fsp3) is 0.179. The molecule has 2 heterocycles. The molecule has 3 aromatic carbocycles. The number of hydrogen-bond donors (Lipinski definition) is 0. The first-order valence-corrected chi connectivity index (χ1v) is 11.8. The van der Waals surface area contributed by atoms with Crippen LogP contribution in [0.15, 0.2) is 71.4 Å². The zero-order valence-corrected chi connectivity index (χ0v) is 20.4. The summed E-state index contributed by atoms with van der Waals surface area (Å²) < 4.78 is 11.4. The highest BCUT2D eigenvalue weighted by atomic mass is 35.5. The Hall–Kier alpha value is -3.21. The van der Waals surface area contributed by atoms with Crippen molar-refractivity contribution in [3.63, 3.8) is 0 Å². The Bertz CT molecular complexity index is 1440. The van der Waals surface area contributed by atoms with Crippen LogP contribution in [0.25, 0.3) is 27.7 Å². The standard InChI is InChI=1S/C28H23Cl2NO3/c1-17(11-28(32)31-10-9-18-5-3-4-6-19(18)15-31)22-13-23-24(16-34-27(23)14-26(22)33-2)21-8-7-20(29)12-25(21)30/h3-8,11-14,16H,9-10,15H2,1-2H3/b17-11+. The Labute approximate surface area is 208 Å². The van der Waals surface area contributed by atoms with Gasteiger partial charge in [0.1, 0.15) is 11.3 Å². The number of rotatable bonds is 4. The number of carbonyl (C=O) groups excluding carboxylic acids is 1. The summed E-state index contributed by atoms with van der Waals surface area (Å²) >= 11 is 12.5. The SMILES string of the molecule is COc1cc2occ(-c3ccc(Cl)cc3Cl)c2cc1/C(C)=C/C(=O)N1CCc2ccccc2C1. The second-order valence-corrected chi connectivity index (χ2v) is 9.27. The predicted molar refractivity (Wildman–Crippen MR) is 137 cm³/mol. The number of halogens is 2. The van der Waals surface area contributed by atoms with Gasteiger partial charge in [0.15, 0.2) is 0 Å². The zero-order chi connectivity index (χ0) is 23.8. The van der Waals surface area contributed by atoms with Gasteiger partial charge in [-0.25, -0.2) is 0 Å². The van der Waals surface area contributed by atoms with Gasteiger partial charge in [0.25, 0.3) is 0 Å². The molecule has 0 spiro atoms. The summed E-state index contributed by atoms with van der Waals surface area (Å²) in [4.78, 5) is 15.0. The number of nitrogens with zero attached hydrogens (tertiary/aromatic N) is 1. The summed E-state index contributed by atoms with van der Waals surface area (Å²) in [5.41, 5.74) is 6.51. The molecule has 0 unspecified atom stereocenters. The van der Waals surface area contributed by atoms with Gasteiger partial charge in [-0.3, -0.25) is 4.79 Å². The minimum absolute atomic E-state index is 0.0117. The van der Waals surface area contributed by atoms with Gasteiger partial charge in [-0.1, -0.05) is 53.5 Å². The average molecular weight is 492 g/mol. The maximum Gasteiger partial charge on any atom is 0.247 e. The van der Waals surface area contributed by atoms with Crippen LogP contribution in [0.1, 0.15) is 23.6 Å². The first-order chi connectivity index (χ1) is 16.4. The fourth-order valence-electron chi connectivity index (χ4n) is 4.49. The van der Waals surface area contributed by atoms with E-state index < -0.39 is 0 Å². The van der Waals surface area contributed by atoms with Crippen LogP contribution in [0.3, 0.4) is 0 Å². The first kappa shape index (κ1) is 22.6. The van der Waals surface area contributed by atoms with Gasteiger partial charge in [-0.15, -0.1) is 0 Å². The molecule has 0 saturated heterocycles. The molecule has 1 aromatic heterocycles. The Balaban J connectivity index is 1.51. The summed E-state index contributed by atoms with van der Waals surface area (Å²) in [6.45, 7) is 3.25.